The number of hydrogen-bond donors (Lipinski definition) is 2. The van der Waals surface area contributed by atoms with Gasteiger partial charge in [-0.2, -0.15) is 18.6 Å². The minimum atomic E-state index is -4.29. The minimum Gasteiger partial charge on any atom is -0.350 e. The zero-order valence-corrected chi connectivity index (χ0v) is 16.3. The number of anilines is 2. The highest BCUT2D eigenvalue weighted by atomic mass is 32.2. The smallest absolute Gasteiger partial charge is 0.299 e. The Balaban J connectivity index is 1.74. The number of nitrogens with one attached hydrogen (secondary N) is 1. The van der Waals surface area contributed by atoms with E-state index < -0.39 is 31.3 Å². The number of nitro benzene ring substituents is 2. The van der Waals surface area contributed by atoms with Crippen LogP contribution in [-0.4, -0.2) is 22.8 Å². The molecule has 0 heterocycles. The highest BCUT2D eigenvalue weighted by molar-refractivity contribution is 7.85. The maximum absolute atomic E-state index is 11.2. The first-order chi connectivity index (χ1) is 14.6. The Bertz CT molecular complexity index is 1270. The minimum absolute atomic E-state index is 0.0869. The fourth-order valence-corrected chi connectivity index (χ4v) is 2.94. The molecule has 0 saturated heterocycles. The largest absolute Gasteiger partial charge is 0.350 e. The van der Waals surface area contributed by atoms with Gasteiger partial charge in [0.15, 0.2) is 0 Å². The van der Waals surface area contributed by atoms with Crippen molar-refractivity contribution in [3.05, 3.63) is 87.0 Å². The first kappa shape index (κ1) is 21.5. The van der Waals surface area contributed by atoms with E-state index in [4.69, 9.17) is 4.55 Å². The quantitative estimate of drug-likeness (QED) is 0.224. The summed E-state index contributed by atoms with van der Waals surface area (Å²) in [6.07, 6.45) is 0. The third-order valence-electron chi connectivity index (χ3n) is 3.95. The second-order valence-electron chi connectivity index (χ2n) is 6.06. The number of azo groups is 1. The maximum Gasteiger partial charge on any atom is 0.299 e. The van der Waals surface area contributed by atoms with Crippen molar-refractivity contribution in [2.45, 2.75) is 4.90 Å². The summed E-state index contributed by atoms with van der Waals surface area (Å²) in [5.41, 5.74) is 0.542. The van der Waals surface area contributed by atoms with E-state index in [2.05, 4.69) is 15.5 Å². The van der Waals surface area contributed by atoms with Crippen LogP contribution in [0.1, 0.15) is 0 Å². The van der Waals surface area contributed by atoms with Crippen LogP contribution in [-0.2, 0) is 10.1 Å². The molecule has 3 aromatic rings. The molecule has 158 valence electrons. The van der Waals surface area contributed by atoms with Gasteiger partial charge >= 0.3 is 0 Å². The van der Waals surface area contributed by atoms with Gasteiger partial charge in [0, 0.05) is 11.8 Å². The summed E-state index contributed by atoms with van der Waals surface area (Å²) >= 11 is 0. The lowest BCUT2D eigenvalue weighted by molar-refractivity contribution is -0.393. The van der Waals surface area contributed by atoms with Crippen LogP contribution in [0.15, 0.2) is 81.9 Å². The molecular formula is C18H13N5O7S. The second-order valence-corrected chi connectivity index (χ2v) is 7.48. The Morgan fingerprint density at radius 3 is 1.84 bits per heavy atom. The van der Waals surface area contributed by atoms with Gasteiger partial charge in [-0.25, -0.2) is 0 Å². The zero-order valence-electron chi connectivity index (χ0n) is 15.4. The predicted molar refractivity (Wildman–Crippen MR) is 110 cm³/mol. The van der Waals surface area contributed by atoms with E-state index in [1.807, 2.05) is 0 Å². The summed E-state index contributed by atoms with van der Waals surface area (Å²) in [6, 6.07) is 14.7. The zero-order chi connectivity index (χ0) is 22.6. The van der Waals surface area contributed by atoms with E-state index in [-0.39, 0.29) is 10.6 Å². The van der Waals surface area contributed by atoms with Gasteiger partial charge in [-0.15, -0.1) is 0 Å². The molecule has 0 fully saturated rings. The topological polar surface area (TPSA) is 177 Å². The molecule has 0 aromatic heterocycles. The van der Waals surface area contributed by atoms with Gasteiger partial charge in [-0.1, -0.05) is 0 Å². The molecule has 12 nitrogen and oxygen atoms in total. The van der Waals surface area contributed by atoms with Crippen LogP contribution in [0.5, 0.6) is 0 Å². The first-order valence-corrected chi connectivity index (χ1v) is 9.87. The number of non-ortho nitro benzene ring substituents is 1. The Kier molecular flexibility index (Phi) is 5.99. The fraction of sp³-hybridized carbons (Fsp3) is 0. The summed E-state index contributed by atoms with van der Waals surface area (Å²) in [5, 5.41) is 32.8. The average molecular weight is 443 g/mol. The van der Waals surface area contributed by atoms with Crippen molar-refractivity contribution in [3.63, 3.8) is 0 Å². The van der Waals surface area contributed by atoms with E-state index >= 15 is 0 Å². The summed E-state index contributed by atoms with van der Waals surface area (Å²) < 4.78 is 31.0. The molecule has 0 bridgehead atoms. The number of nitro groups is 2. The van der Waals surface area contributed by atoms with Gasteiger partial charge in [0.25, 0.3) is 21.5 Å². The lowest BCUT2D eigenvalue weighted by Gasteiger charge is -2.07. The highest BCUT2D eigenvalue weighted by Gasteiger charge is 2.19. The molecule has 3 aromatic carbocycles. The molecular weight excluding hydrogens is 430 g/mol. The molecule has 0 saturated carbocycles. The van der Waals surface area contributed by atoms with E-state index in [1.165, 1.54) is 30.3 Å². The van der Waals surface area contributed by atoms with Gasteiger partial charge in [0.1, 0.15) is 5.69 Å². The summed E-state index contributed by atoms with van der Waals surface area (Å²) in [6.45, 7) is 0. The number of benzene rings is 3. The van der Waals surface area contributed by atoms with Crippen LogP contribution in [0.2, 0.25) is 0 Å². The molecule has 0 spiro atoms. The van der Waals surface area contributed by atoms with E-state index in [1.54, 1.807) is 24.3 Å². The number of hydrogen-bond acceptors (Lipinski definition) is 9. The molecule has 0 aliphatic rings. The van der Waals surface area contributed by atoms with Crippen molar-refractivity contribution < 1.29 is 22.8 Å². The lowest BCUT2D eigenvalue weighted by atomic mass is 10.2. The Labute approximate surface area is 174 Å². The molecule has 2 N–H and O–H groups in total. The van der Waals surface area contributed by atoms with E-state index in [0.717, 1.165) is 12.1 Å². The van der Waals surface area contributed by atoms with Crippen molar-refractivity contribution in [1.82, 2.24) is 0 Å². The van der Waals surface area contributed by atoms with Gasteiger partial charge < -0.3 is 5.32 Å². The van der Waals surface area contributed by atoms with Crippen molar-refractivity contribution in [2.24, 2.45) is 10.2 Å². The van der Waals surface area contributed by atoms with Crippen LogP contribution in [0, 0.1) is 20.2 Å². The average Bonchev–Trinajstić information content (AvgIpc) is 2.73. The van der Waals surface area contributed by atoms with E-state index in [9.17, 15) is 28.6 Å². The molecule has 0 atom stereocenters. The Hall–Kier alpha value is -4.23. The van der Waals surface area contributed by atoms with Crippen molar-refractivity contribution >= 4 is 44.2 Å². The van der Waals surface area contributed by atoms with Crippen LogP contribution < -0.4 is 5.32 Å². The predicted octanol–water partition coefficient (Wildman–Crippen LogP) is 4.91. The standard InChI is InChI=1S/C18H13N5O7S/c24-22(25)15-7-10-17(18(11-15)23(26)27)19-12-1-3-13(4-2-12)20-21-14-5-8-16(9-6-14)31(28,29)30/h1-11,19H,(H,28,29,30). The second kappa shape index (κ2) is 8.64. The molecule has 0 amide bonds. The molecule has 3 rings (SSSR count). The molecule has 13 heteroatoms. The van der Waals surface area contributed by atoms with E-state index in [0.29, 0.717) is 17.1 Å². The Morgan fingerprint density at radius 2 is 1.35 bits per heavy atom. The molecule has 0 aliphatic carbocycles. The van der Waals surface area contributed by atoms with Gasteiger partial charge in [0.2, 0.25) is 0 Å². The van der Waals surface area contributed by atoms with Gasteiger partial charge in [-0.05, 0) is 54.6 Å². The SMILES string of the molecule is O=[N+]([O-])c1ccc(Nc2ccc(N=Nc3ccc(S(=O)(=O)O)cc3)cc2)c([N+](=O)[O-])c1. The lowest BCUT2D eigenvalue weighted by Crippen LogP contribution is -1.98. The number of rotatable bonds is 7. The number of nitrogens with zero attached hydrogens (tertiary/aromatic N) is 4. The van der Waals surface area contributed by atoms with Crippen LogP contribution in [0.25, 0.3) is 0 Å². The van der Waals surface area contributed by atoms with Crippen LogP contribution in [0.4, 0.5) is 34.1 Å². The Morgan fingerprint density at radius 1 is 0.806 bits per heavy atom. The van der Waals surface area contributed by atoms with Crippen molar-refractivity contribution in [3.8, 4) is 0 Å². The third-order valence-corrected chi connectivity index (χ3v) is 4.82. The van der Waals surface area contributed by atoms with Crippen molar-refractivity contribution in [1.29, 1.82) is 0 Å². The summed E-state index contributed by atoms with van der Waals surface area (Å²) in [5.74, 6) is 0. The first-order valence-electron chi connectivity index (χ1n) is 8.43. The highest BCUT2D eigenvalue weighted by Crippen LogP contribution is 2.32. The maximum atomic E-state index is 11.2. The third kappa shape index (κ3) is 5.43. The normalized spacial score (nSPS) is 11.4. The monoisotopic (exact) mass is 443 g/mol. The molecule has 0 aliphatic heterocycles. The molecule has 31 heavy (non-hydrogen) atoms. The van der Waals surface area contributed by atoms with Crippen LogP contribution in [0.3, 0.4) is 0 Å². The molecule has 0 unspecified atom stereocenters. The van der Waals surface area contributed by atoms with Gasteiger partial charge in [-0.3, -0.25) is 24.8 Å². The van der Waals surface area contributed by atoms with Gasteiger partial charge in [0.05, 0.1) is 32.2 Å². The summed E-state index contributed by atoms with van der Waals surface area (Å²) in [7, 11) is -4.29. The van der Waals surface area contributed by atoms with Crippen LogP contribution >= 0.6 is 0 Å². The molecule has 0 radical (unpaired) electrons. The fourth-order valence-electron chi connectivity index (χ4n) is 2.46. The van der Waals surface area contributed by atoms with Crippen molar-refractivity contribution in [2.75, 3.05) is 5.32 Å². The summed E-state index contributed by atoms with van der Waals surface area (Å²) in [4.78, 5) is 20.3.